The molecule has 0 aliphatic rings. The normalized spacial score (nSPS) is 11.4. The van der Waals surface area contributed by atoms with E-state index in [9.17, 15) is 0 Å². The molecule has 0 spiro atoms. The monoisotopic (exact) mass is 204 g/mol. The van der Waals surface area contributed by atoms with Gasteiger partial charge in [0.1, 0.15) is 0 Å². The largest absolute Gasteiger partial charge is 0.129 e. The van der Waals surface area contributed by atoms with Gasteiger partial charge in [0.2, 0.25) is 0 Å². The Balaban J connectivity index is 3.15. The minimum absolute atomic E-state index is 1.07. The van der Waals surface area contributed by atoms with Gasteiger partial charge in [-0.05, 0) is 29.9 Å². The zero-order valence-electron chi connectivity index (χ0n) is 8.79. The molecule has 1 rings (SSSR count). The molecule has 0 atom stereocenters. The maximum absolute atomic E-state index is 3.74. The molecule has 0 unspecified atom stereocenters. The third-order valence-corrected chi connectivity index (χ3v) is 2.95. The summed E-state index contributed by atoms with van der Waals surface area (Å²) in [5.41, 5.74) is 2.73. The molecule has 1 aromatic carbocycles. The van der Waals surface area contributed by atoms with E-state index < -0.39 is 0 Å². The summed E-state index contributed by atoms with van der Waals surface area (Å²) in [6.07, 6.45) is 7.09. The van der Waals surface area contributed by atoms with Crippen molar-refractivity contribution in [3.63, 3.8) is 0 Å². The van der Waals surface area contributed by atoms with Crippen molar-refractivity contribution in [2.24, 2.45) is 0 Å². The molecule has 0 amide bonds. The minimum atomic E-state index is 1.07. The zero-order chi connectivity index (χ0) is 10.4. The Hall–Kier alpha value is -0.950. The van der Waals surface area contributed by atoms with Crippen molar-refractivity contribution in [2.45, 2.75) is 13.3 Å². The summed E-state index contributed by atoms with van der Waals surface area (Å²) in [5, 5.41) is 0. The quantitative estimate of drug-likeness (QED) is 0.664. The van der Waals surface area contributed by atoms with Gasteiger partial charge >= 0.3 is 0 Å². The van der Waals surface area contributed by atoms with Crippen molar-refractivity contribution in [2.75, 3.05) is 6.26 Å². The molecule has 0 radical (unpaired) electrons. The summed E-state index contributed by atoms with van der Waals surface area (Å²) < 4.78 is 0. The van der Waals surface area contributed by atoms with E-state index >= 15 is 0 Å². The molecule has 0 heterocycles. The summed E-state index contributed by atoms with van der Waals surface area (Å²) in [5.74, 6) is 0. The first-order chi connectivity index (χ1) is 6.83. The Morgan fingerprint density at radius 3 is 2.71 bits per heavy atom. The maximum Gasteiger partial charge on any atom is 0.0144 e. The fourth-order valence-electron chi connectivity index (χ4n) is 1.44. The van der Waals surface area contributed by atoms with Gasteiger partial charge in [0.25, 0.3) is 0 Å². The first-order valence-corrected chi connectivity index (χ1v) is 6.01. The standard InChI is InChI=1S/C13H16S/c1-4-8-13(14-3)12-10-7-6-9-11(12)5-2/h4,6-10H,1,5H2,2-3H3/b13-8-. The van der Waals surface area contributed by atoms with Crippen molar-refractivity contribution < 1.29 is 0 Å². The summed E-state index contributed by atoms with van der Waals surface area (Å²) in [7, 11) is 0. The summed E-state index contributed by atoms with van der Waals surface area (Å²) in [6.45, 7) is 5.92. The highest BCUT2D eigenvalue weighted by molar-refractivity contribution is 8.07. The van der Waals surface area contributed by atoms with E-state index in [4.69, 9.17) is 0 Å². The van der Waals surface area contributed by atoms with Gasteiger partial charge in [-0.1, -0.05) is 43.8 Å². The molecule has 0 nitrogen and oxygen atoms in total. The van der Waals surface area contributed by atoms with Crippen LogP contribution >= 0.6 is 11.8 Å². The van der Waals surface area contributed by atoms with Gasteiger partial charge in [0.05, 0.1) is 0 Å². The highest BCUT2D eigenvalue weighted by Gasteiger charge is 2.03. The van der Waals surface area contributed by atoms with Crippen LogP contribution in [0.15, 0.2) is 43.0 Å². The van der Waals surface area contributed by atoms with Crippen LogP contribution in [-0.4, -0.2) is 6.26 Å². The number of allylic oxidation sites excluding steroid dienone is 2. The molecule has 14 heavy (non-hydrogen) atoms. The van der Waals surface area contributed by atoms with Crippen molar-refractivity contribution >= 4 is 16.7 Å². The number of thioether (sulfide) groups is 1. The lowest BCUT2D eigenvalue weighted by Gasteiger charge is -2.08. The number of hydrogen-bond acceptors (Lipinski definition) is 1. The number of rotatable bonds is 4. The lowest BCUT2D eigenvalue weighted by molar-refractivity contribution is 1.13. The predicted molar refractivity (Wildman–Crippen MR) is 67.5 cm³/mol. The lowest BCUT2D eigenvalue weighted by Crippen LogP contribution is -1.88. The van der Waals surface area contributed by atoms with E-state index in [0.717, 1.165) is 6.42 Å². The Labute approximate surface area is 90.7 Å². The Bertz CT molecular complexity index is 337. The fourth-order valence-corrected chi connectivity index (χ4v) is 2.10. The van der Waals surface area contributed by atoms with Crippen molar-refractivity contribution in [1.82, 2.24) is 0 Å². The van der Waals surface area contributed by atoms with Crippen LogP contribution in [0.25, 0.3) is 4.91 Å². The van der Waals surface area contributed by atoms with Gasteiger partial charge < -0.3 is 0 Å². The van der Waals surface area contributed by atoms with E-state index in [1.807, 2.05) is 6.08 Å². The first kappa shape index (κ1) is 11.1. The first-order valence-electron chi connectivity index (χ1n) is 4.78. The van der Waals surface area contributed by atoms with Crippen LogP contribution in [0.4, 0.5) is 0 Å². The molecule has 1 aromatic rings. The Morgan fingerprint density at radius 1 is 1.43 bits per heavy atom. The predicted octanol–water partition coefficient (Wildman–Crippen LogP) is 4.14. The molecule has 74 valence electrons. The van der Waals surface area contributed by atoms with E-state index in [1.54, 1.807) is 11.8 Å². The number of hydrogen-bond donors (Lipinski definition) is 0. The Kier molecular flexibility index (Phi) is 4.54. The molecule has 1 heteroatoms. The lowest BCUT2D eigenvalue weighted by atomic mass is 10.0. The van der Waals surface area contributed by atoms with E-state index in [-0.39, 0.29) is 0 Å². The SMILES string of the molecule is C=C/C=C(\SC)c1ccccc1CC. The molecule has 0 saturated carbocycles. The second-order valence-electron chi connectivity index (χ2n) is 2.98. The number of aryl methyl sites for hydroxylation is 1. The van der Waals surface area contributed by atoms with Gasteiger partial charge in [-0.2, -0.15) is 0 Å². The molecular weight excluding hydrogens is 188 g/mol. The van der Waals surface area contributed by atoms with Crippen LogP contribution in [0.1, 0.15) is 18.1 Å². The second-order valence-corrected chi connectivity index (χ2v) is 3.83. The molecule has 0 bridgehead atoms. The fraction of sp³-hybridized carbons (Fsp3) is 0.231. The highest BCUT2D eigenvalue weighted by atomic mass is 32.2. The minimum Gasteiger partial charge on any atom is -0.129 e. The smallest absolute Gasteiger partial charge is 0.0144 e. The summed E-state index contributed by atoms with van der Waals surface area (Å²) >= 11 is 1.77. The molecule has 0 fully saturated rings. The van der Waals surface area contributed by atoms with Crippen LogP contribution in [0.5, 0.6) is 0 Å². The molecule has 0 N–H and O–H groups in total. The average molecular weight is 204 g/mol. The van der Waals surface area contributed by atoms with Crippen molar-refractivity contribution in [3.8, 4) is 0 Å². The van der Waals surface area contributed by atoms with E-state index in [0.29, 0.717) is 0 Å². The van der Waals surface area contributed by atoms with Gasteiger partial charge in [0, 0.05) is 4.91 Å². The van der Waals surface area contributed by atoms with Gasteiger partial charge in [-0.3, -0.25) is 0 Å². The molecular formula is C13H16S. The summed E-state index contributed by atoms with van der Waals surface area (Å²) in [6, 6.07) is 8.53. The van der Waals surface area contributed by atoms with E-state index in [2.05, 4.69) is 50.1 Å². The number of benzene rings is 1. The summed E-state index contributed by atoms with van der Waals surface area (Å²) in [4.78, 5) is 1.29. The van der Waals surface area contributed by atoms with Crippen LogP contribution in [0.2, 0.25) is 0 Å². The maximum atomic E-state index is 3.74. The van der Waals surface area contributed by atoms with Crippen LogP contribution in [-0.2, 0) is 6.42 Å². The third-order valence-electron chi connectivity index (χ3n) is 2.15. The molecule has 0 aliphatic carbocycles. The zero-order valence-corrected chi connectivity index (χ0v) is 9.60. The third kappa shape index (κ3) is 2.52. The topological polar surface area (TPSA) is 0 Å². The van der Waals surface area contributed by atoms with Crippen LogP contribution in [0.3, 0.4) is 0 Å². The van der Waals surface area contributed by atoms with Crippen molar-refractivity contribution in [3.05, 3.63) is 54.1 Å². The highest BCUT2D eigenvalue weighted by Crippen LogP contribution is 2.28. The van der Waals surface area contributed by atoms with Crippen LogP contribution < -0.4 is 0 Å². The molecule has 0 aromatic heterocycles. The van der Waals surface area contributed by atoms with Crippen LogP contribution in [0, 0.1) is 0 Å². The van der Waals surface area contributed by atoms with E-state index in [1.165, 1.54) is 16.0 Å². The van der Waals surface area contributed by atoms with Crippen molar-refractivity contribution in [1.29, 1.82) is 0 Å². The Morgan fingerprint density at radius 2 is 2.14 bits per heavy atom. The average Bonchev–Trinajstić information content (AvgIpc) is 2.26. The molecule has 0 saturated heterocycles. The van der Waals surface area contributed by atoms with Gasteiger partial charge in [-0.15, -0.1) is 11.8 Å². The van der Waals surface area contributed by atoms with Gasteiger partial charge in [-0.25, -0.2) is 0 Å². The second kappa shape index (κ2) is 5.71. The van der Waals surface area contributed by atoms with Gasteiger partial charge in [0.15, 0.2) is 0 Å². The molecule has 0 aliphatic heterocycles.